The molecule has 1 rings (SSSR count). The zero-order valence-corrected chi connectivity index (χ0v) is 9.77. The van der Waals surface area contributed by atoms with Crippen molar-refractivity contribution in [1.29, 1.82) is 0 Å². The van der Waals surface area contributed by atoms with Crippen LogP contribution in [0.5, 0.6) is 0 Å². The Balaban J connectivity index is 2.97. The number of carbonyl (C=O) groups is 2. The average molecular weight is 237 g/mol. The van der Waals surface area contributed by atoms with Crippen molar-refractivity contribution >= 4 is 23.3 Å². The van der Waals surface area contributed by atoms with Crippen molar-refractivity contribution in [1.82, 2.24) is 0 Å². The van der Waals surface area contributed by atoms with E-state index in [2.05, 4.69) is 4.74 Å². The van der Waals surface area contributed by atoms with Gasteiger partial charge in [0.25, 0.3) is 0 Å². The molecule has 6 heteroatoms. The highest BCUT2D eigenvalue weighted by molar-refractivity contribution is 5.92. The average Bonchev–Trinajstić information content (AvgIpc) is 2.26. The van der Waals surface area contributed by atoms with Gasteiger partial charge in [0.1, 0.15) is 0 Å². The van der Waals surface area contributed by atoms with Crippen LogP contribution < -0.4 is 16.4 Å². The molecule has 0 fully saturated rings. The molecule has 0 aliphatic carbocycles. The molecule has 0 aromatic heterocycles. The van der Waals surface area contributed by atoms with E-state index in [0.717, 1.165) is 0 Å². The molecule has 0 saturated carbocycles. The molecular formula is C11H15N3O3. The van der Waals surface area contributed by atoms with Crippen LogP contribution in [0.25, 0.3) is 0 Å². The number of methoxy groups -OCH3 is 1. The van der Waals surface area contributed by atoms with Gasteiger partial charge in [0.05, 0.1) is 30.6 Å². The first-order valence-electron chi connectivity index (χ1n) is 4.93. The van der Waals surface area contributed by atoms with E-state index in [4.69, 9.17) is 11.5 Å². The zero-order chi connectivity index (χ0) is 13.0. The van der Waals surface area contributed by atoms with Crippen LogP contribution in [0.2, 0.25) is 0 Å². The second-order valence-corrected chi connectivity index (χ2v) is 3.59. The molecule has 0 bridgehead atoms. The predicted molar refractivity (Wildman–Crippen MR) is 64.7 cm³/mol. The second-order valence-electron chi connectivity index (χ2n) is 3.59. The minimum atomic E-state index is -0.458. The van der Waals surface area contributed by atoms with E-state index >= 15 is 0 Å². The molecule has 0 spiro atoms. The Morgan fingerprint density at radius 2 is 2.06 bits per heavy atom. The van der Waals surface area contributed by atoms with Gasteiger partial charge >= 0.3 is 5.97 Å². The Bertz CT molecular complexity index is 446. The van der Waals surface area contributed by atoms with Crippen molar-refractivity contribution in [2.24, 2.45) is 5.73 Å². The first-order chi connectivity index (χ1) is 7.95. The minimum Gasteiger partial charge on any atom is -0.465 e. The van der Waals surface area contributed by atoms with Crippen molar-refractivity contribution in [2.75, 3.05) is 31.3 Å². The fraction of sp³-hybridized carbons (Fsp3) is 0.273. The number of nitrogens with two attached hydrogens (primary N) is 2. The lowest BCUT2D eigenvalue weighted by Gasteiger charge is -2.19. The van der Waals surface area contributed by atoms with E-state index in [1.807, 2.05) is 0 Å². The van der Waals surface area contributed by atoms with Crippen LogP contribution >= 0.6 is 0 Å². The van der Waals surface area contributed by atoms with Gasteiger partial charge in [-0.15, -0.1) is 0 Å². The molecule has 0 saturated heterocycles. The molecule has 0 unspecified atom stereocenters. The summed E-state index contributed by atoms with van der Waals surface area (Å²) in [6.07, 6.45) is 0. The molecule has 1 amide bonds. The number of primary amides is 1. The number of carbonyl (C=O) groups excluding carboxylic acids is 2. The van der Waals surface area contributed by atoms with E-state index in [1.54, 1.807) is 24.1 Å². The Hall–Kier alpha value is -2.24. The number of esters is 1. The lowest BCUT2D eigenvalue weighted by atomic mass is 10.1. The summed E-state index contributed by atoms with van der Waals surface area (Å²) in [6.45, 7) is 0.0573. The molecule has 1 aromatic carbocycles. The number of ether oxygens (including phenoxy) is 1. The standard InChI is InChI=1S/C11H15N3O3/c1-14(6-10(13)15)9-4-3-7(5-8(9)12)11(16)17-2/h3-5H,6,12H2,1-2H3,(H2,13,15). The van der Waals surface area contributed by atoms with Gasteiger partial charge in [-0.2, -0.15) is 0 Å². The van der Waals surface area contributed by atoms with E-state index in [0.29, 0.717) is 16.9 Å². The number of benzene rings is 1. The number of nitrogen functional groups attached to an aromatic ring is 1. The van der Waals surface area contributed by atoms with Gasteiger partial charge in [-0.3, -0.25) is 4.79 Å². The Kier molecular flexibility index (Phi) is 3.92. The lowest BCUT2D eigenvalue weighted by Crippen LogP contribution is -2.31. The van der Waals surface area contributed by atoms with Gasteiger partial charge in [0, 0.05) is 7.05 Å². The highest BCUT2D eigenvalue weighted by Gasteiger charge is 2.11. The van der Waals surface area contributed by atoms with Crippen molar-refractivity contribution in [3.63, 3.8) is 0 Å². The van der Waals surface area contributed by atoms with E-state index < -0.39 is 11.9 Å². The molecule has 4 N–H and O–H groups in total. The van der Waals surface area contributed by atoms with Crippen molar-refractivity contribution in [3.05, 3.63) is 23.8 Å². The van der Waals surface area contributed by atoms with Crippen molar-refractivity contribution < 1.29 is 14.3 Å². The Morgan fingerprint density at radius 3 is 2.53 bits per heavy atom. The van der Waals surface area contributed by atoms with Crippen molar-refractivity contribution in [3.8, 4) is 0 Å². The molecule has 6 nitrogen and oxygen atoms in total. The predicted octanol–water partition coefficient (Wildman–Crippen LogP) is -0.0231. The third-order valence-electron chi connectivity index (χ3n) is 2.25. The lowest BCUT2D eigenvalue weighted by molar-refractivity contribution is -0.116. The number of rotatable bonds is 4. The number of nitrogens with zero attached hydrogens (tertiary/aromatic N) is 1. The highest BCUT2D eigenvalue weighted by Crippen LogP contribution is 2.23. The fourth-order valence-electron chi connectivity index (χ4n) is 1.47. The summed E-state index contributed by atoms with van der Waals surface area (Å²) < 4.78 is 4.57. The minimum absolute atomic E-state index is 0.0573. The van der Waals surface area contributed by atoms with Gasteiger partial charge < -0.3 is 21.1 Å². The summed E-state index contributed by atoms with van der Waals surface area (Å²) >= 11 is 0. The first kappa shape index (κ1) is 12.8. The largest absolute Gasteiger partial charge is 0.465 e. The van der Waals surface area contributed by atoms with Gasteiger partial charge in [0.15, 0.2) is 0 Å². The summed E-state index contributed by atoms with van der Waals surface area (Å²) in [5, 5.41) is 0. The SMILES string of the molecule is COC(=O)c1ccc(N(C)CC(N)=O)c(N)c1. The molecule has 0 aliphatic rings. The summed E-state index contributed by atoms with van der Waals surface area (Å²) in [5.74, 6) is -0.912. The topological polar surface area (TPSA) is 98.6 Å². The van der Waals surface area contributed by atoms with E-state index in [1.165, 1.54) is 13.2 Å². The number of hydrogen-bond acceptors (Lipinski definition) is 5. The summed E-state index contributed by atoms with van der Waals surface area (Å²) in [7, 11) is 2.99. The second kappa shape index (κ2) is 5.20. The fourth-order valence-corrected chi connectivity index (χ4v) is 1.47. The summed E-state index contributed by atoms with van der Waals surface area (Å²) in [4.78, 5) is 23.7. The van der Waals surface area contributed by atoms with Crippen LogP contribution in [0, 0.1) is 0 Å². The molecule has 0 aliphatic heterocycles. The molecule has 0 atom stereocenters. The molecular weight excluding hydrogens is 222 g/mol. The first-order valence-corrected chi connectivity index (χ1v) is 4.93. The van der Waals surface area contributed by atoms with E-state index in [9.17, 15) is 9.59 Å². The third kappa shape index (κ3) is 3.10. The molecule has 0 heterocycles. The Morgan fingerprint density at radius 1 is 1.41 bits per heavy atom. The van der Waals surface area contributed by atoms with Gasteiger partial charge in [-0.05, 0) is 18.2 Å². The van der Waals surface area contributed by atoms with Crippen LogP contribution in [0.15, 0.2) is 18.2 Å². The van der Waals surface area contributed by atoms with Crippen LogP contribution in [0.4, 0.5) is 11.4 Å². The molecule has 0 radical (unpaired) electrons. The monoisotopic (exact) mass is 237 g/mol. The smallest absolute Gasteiger partial charge is 0.337 e. The molecule has 1 aromatic rings. The van der Waals surface area contributed by atoms with Crippen molar-refractivity contribution in [2.45, 2.75) is 0 Å². The Labute approximate surface area is 99.1 Å². The quantitative estimate of drug-likeness (QED) is 0.566. The summed E-state index contributed by atoms with van der Waals surface area (Å²) in [6, 6.07) is 4.72. The summed E-state index contributed by atoms with van der Waals surface area (Å²) in [5.41, 5.74) is 12.3. The van der Waals surface area contributed by atoms with Gasteiger partial charge in [-0.25, -0.2) is 4.79 Å². The molecule has 17 heavy (non-hydrogen) atoms. The van der Waals surface area contributed by atoms with E-state index in [-0.39, 0.29) is 6.54 Å². The maximum absolute atomic E-state index is 11.3. The highest BCUT2D eigenvalue weighted by atomic mass is 16.5. The zero-order valence-electron chi connectivity index (χ0n) is 9.77. The number of anilines is 2. The number of likely N-dealkylation sites (N-methyl/N-ethyl adjacent to an activating group) is 1. The normalized spacial score (nSPS) is 9.76. The van der Waals surface area contributed by atoms with Crippen LogP contribution in [0.3, 0.4) is 0 Å². The van der Waals surface area contributed by atoms with Crippen LogP contribution in [-0.2, 0) is 9.53 Å². The van der Waals surface area contributed by atoms with Crippen LogP contribution in [-0.4, -0.2) is 32.6 Å². The number of hydrogen-bond donors (Lipinski definition) is 2. The maximum atomic E-state index is 11.3. The number of amides is 1. The third-order valence-corrected chi connectivity index (χ3v) is 2.25. The van der Waals surface area contributed by atoms with Crippen LogP contribution in [0.1, 0.15) is 10.4 Å². The molecule has 92 valence electrons. The maximum Gasteiger partial charge on any atom is 0.337 e. The van der Waals surface area contributed by atoms with Gasteiger partial charge in [0.2, 0.25) is 5.91 Å². The van der Waals surface area contributed by atoms with Gasteiger partial charge in [-0.1, -0.05) is 0 Å².